The van der Waals surface area contributed by atoms with Crippen LogP contribution >= 0.6 is 11.3 Å². The zero-order chi connectivity index (χ0) is 8.77. The first-order valence-corrected chi connectivity index (χ1v) is 4.88. The molecule has 3 heteroatoms. The van der Waals surface area contributed by atoms with Crippen LogP contribution in [-0.4, -0.2) is 10.2 Å². The molecule has 1 N–H and O–H groups in total. The first kappa shape index (κ1) is 7.80. The molecule has 0 bridgehead atoms. The quantitative estimate of drug-likeness (QED) is 0.663. The van der Waals surface area contributed by atoms with Crippen molar-refractivity contribution in [1.82, 2.24) is 10.2 Å². The van der Waals surface area contributed by atoms with Crippen molar-refractivity contribution in [3.8, 4) is 0 Å². The number of rotatable bonds is 0. The van der Waals surface area contributed by atoms with E-state index >= 15 is 0 Å². The number of hydrogen-bond acceptors (Lipinski definition) is 2. The molecule has 0 unspecified atom stereocenters. The molecule has 0 aliphatic carbocycles. The smallest absolute Gasteiger partial charge is 0.118 e. The normalized spacial score (nSPS) is 12.6. The molecular weight excluding hydrogens is 168 g/mol. The lowest BCUT2D eigenvalue weighted by atomic mass is 9.88. The van der Waals surface area contributed by atoms with Gasteiger partial charge in [0.2, 0.25) is 0 Å². The maximum absolute atomic E-state index is 4.02. The standard InChI is InChI=1S/C9H12N2S/c1-9(2,3)7-5-12-8-6(7)4-10-11-8/h4-5H,1-3H3,(H,10,11). The third kappa shape index (κ3) is 1.05. The van der Waals surface area contributed by atoms with Crippen LogP contribution in [0.15, 0.2) is 11.6 Å². The summed E-state index contributed by atoms with van der Waals surface area (Å²) in [5.74, 6) is 0. The molecule has 12 heavy (non-hydrogen) atoms. The second-order valence-electron chi connectivity index (χ2n) is 4.01. The minimum atomic E-state index is 0.224. The van der Waals surface area contributed by atoms with Gasteiger partial charge in [0.25, 0.3) is 0 Å². The predicted molar refractivity (Wildman–Crippen MR) is 52.7 cm³/mol. The molecule has 0 amide bonds. The second-order valence-corrected chi connectivity index (χ2v) is 4.89. The maximum Gasteiger partial charge on any atom is 0.118 e. The molecule has 2 aromatic rings. The molecule has 2 aromatic heterocycles. The number of H-pyrrole nitrogens is 1. The van der Waals surface area contributed by atoms with Gasteiger partial charge in [-0.05, 0) is 16.4 Å². The van der Waals surface area contributed by atoms with Gasteiger partial charge >= 0.3 is 0 Å². The predicted octanol–water partition coefficient (Wildman–Crippen LogP) is 2.92. The van der Waals surface area contributed by atoms with Crippen LogP contribution in [0, 0.1) is 0 Å². The Morgan fingerprint density at radius 1 is 1.42 bits per heavy atom. The van der Waals surface area contributed by atoms with Gasteiger partial charge in [-0.25, -0.2) is 0 Å². The Bertz CT molecular complexity index is 392. The molecule has 0 aliphatic rings. The molecule has 2 nitrogen and oxygen atoms in total. The summed E-state index contributed by atoms with van der Waals surface area (Å²) in [6.07, 6.45) is 1.91. The monoisotopic (exact) mass is 180 g/mol. The van der Waals surface area contributed by atoms with E-state index in [1.165, 1.54) is 15.8 Å². The fraction of sp³-hybridized carbons (Fsp3) is 0.444. The Hall–Kier alpha value is -0.830. The summed E-state index contributed by atoms with van der Waals surface area (Å²) in [4.78, 5) is 1.18. The van der Waals surface area contributed by atoms with Gasteiger partial charge in [0, 0.05) is 5.39 Å². The summed E-state index contributed by atoms with van der Waals surface area (Å²) >= 11 is 1.73. The zero-order valence-electron chi connectivity index (χ0n) is 7.51. The summed E-state index contributed by atoms with van der Waals surface area (Å²) in [5, 5.41) is 10.5. The average molecular weight is 180 g/mol. The SMILES string of the molecule is CC(C)(C)c1csc2[nH]ncc12. The van der Waals surface area contributed by atoms with Crippen LogP contribution in [0.5, 0.6) is 0 Å². The Labute approximate surface area is 75.6 Å². The highest BCUT2D eigenvalue weighted by molar-refractivity contribution is 7.16. The van der Waals surface area contributed by atoms with E-state index in [1.54, 1.807) is 11.3 Å². The van der Waals surface area contributed by atoms with Gasteiger partial charge in [-0.3, -0.25) is 5.10 Å². The zero-order valence-corrected chi connectivity index (χ0v) is 8.33. The number of thiophene rings is 1. The molecular formula is C9H12N2S. The van der Waals surface area contributed by atoms with Gasteiger partial charge in [-0.2, -0.15) is 5.10 Å². The van der Waals surface area contributed by atoms with Crippen LogP contribution in [0.4, 0.5) is 0 Å². The summed E-state index contributed by atoms with van der Waals surface area (Å²) in [6, 6.07) is 0. The first-order chi connectivity index (χ1) is 5.59. The van der Waals surface area contributed by atoms with E-state index in [-0.39, 0.29) is 5.41 Å². The van der Waals surface area contributed by atoms with E-state index in [0.717, 1.165) is 0 Å². The van der Waals surface area contributed by atoms with Crippen LogP contribution in [-0.2, 0) is 5.41 Å². The van der Waals surface area contributed by atoms with Crippen LogP contribution in [0.2, 0.25) is 0 Å². The van der Waals surface area contributed by atoms with E-state index in [2.05, 4.69) is 36.3 Å². The fourth-order valence-electron chi connectivity index (χ4n) is 1.32. The lowest BCUT2D eigenvalue weighted by Crippen LogP contribution is -2.09. The highest BCUT2D eigenvalue weighted by Gasteiger charge is 2.18. The minimum absolute atomic E-state index is 0.224. The Morgan fingerprint density at radius 2 is 2.17 bits per heavy atom. The lowest BCUT2D eigenvalue weighted by Gasteiger charge is -2.16. The second kappa shape index (κ2) is 2.33. The van der Waals surface area contributed by atoms with Crippen molar-refractivity contribution in [3.63, 3.8) is 0 Å². The lowest BCUT2D eigenvalue weighted by molar-refractivity contribution is 0.598. The fourth-order valence-corrected chi connectivity index (χ4v) is 2.43. The van der Waals surface area contributed by atoms with Crippen molar-refractivity contribution in [2.45, 2.75) is 26.2 Å². The third-order valence-electron chi connectivity index (χ3n) is 2.00. The van der Waals surface area contributed by atoms with Crippen molar-refractivity contribution >= 4 is 21.6 Å². The molecule has 0 aliphatic heterocycles. The van der Waals surface area contributed by atoms with Gasteiger partial charge in [0.15, 0.2) is 0 Å². The van der Waals surface area contributed by atoms with Crippen LogP contribution in [0.1, 0.15) is 26.3 Å². The average Bonchev–Trinajstić information content (AvgIpc) is 2.37. The van der Waals surface area contributed by atoms with Gasteiger partial charge < -0.3 is 0 Å². The number of nitrogens with zero attached hydrogens (tertiary/aromatic N) is 1. The van der Waals surface area contributed by atoms with E-state index in [0.29, 0.717) is 0 Å². The summed E-state index contributed by atoms with van der Waals surface area (Å²) in [6.45, 7) is 6.67. The summed E-state index contributed by atoms with van der Waals surface area (Å²) in [7, 11) is 0. The molecule has 0 fully saturated rings. The topological polar surface area (TPSA) is 28.7 Å². The molecule has 0 atom stereocenters. The minimum Gasteiger partial charge on any atom is -0.268 e. The Kier molecular flexibility index (Phi) is 1.51. The molecule has 2 rings (SSSR count). The van der Waals surface area contributed by atoms with Gasteiger partial charge in [-0.1, -0.05) is 20.8 Å². The highest BCUT2D eigenvalue weighted by Crippen LogP contribution is 2.32. The van der Waals surface area contributed by atoms with Crippen LogP contribution < -0.4 is 0 Å². The molecule has 0 radical (unpaired) electrons. The number of aromatic nitrogens is 2. The molecule has 0 aromatic carbocycles. The van der Waals surface area contributed by atoms with Crippen molar-refractivity contribution in [2.24, 2.45) is 0 Å². The van der Waals surface area contributed by atoms with Gasteiger partial charge in [0.05, 0.1) is 6.20 Å². The van der Waals surface area contributed by atoms with E-state index in [1.807, 2.05) is 6.20 Å². The van der Waals surface area contributed by atoms with Crippen LogP contribution in [0.25, 0.3) is 10.2 Å². The van der Waals surface area contributed by atoms with Crippen molar-refractivity contribution < 1.29 is 0 Å². The van der Waals surface area contributed by atoms with E-state index in [4.69, 9.17) is 0 Å². The number of aromatic amines is 1. The number of hydrogen-bond donors (Lipinski definition) is 1. The number of nitrogens with one attached hydrogen (secondary N) is 1. The number of fused-ring (bicyclic) bond motifs is 1. The molecule has 0 saturated carbocycles. The molecule has 0 spiro atoms. The Balaban J connectivity index is 2.69. The first-order valence-electron chi connectivity index (χ1n) is 4.00. The van der Waals surface area contributed by atoms with Crippen molar-refractivity contribution in [2.75, 3.05) is 0 Å². The third-order valence-corrected chi connectivity index (χ3v) is 2.90. The van der Waals surface area contributed by atoms with E-state index in [9.17, 15) is 0 Å². The Morgan fingerprint density at radius 3 is 2.83 bits per heavy atom. The summed E-state index contributed by atoms with van der Waals surface area (Å²) < 4.78 is 0. The van der Waals surface area contributed by atoms with Crippen LogP contribution in [0.3, 0.4) is 0 Å². The van der Waals surface area contributed by atoms with Crippen molar-refractivity contribution in [1.29, 1.82) is 0 Å². The molecule has 0 saturated heterocycles. The van der Waals surface area contributed by atoms with Gasteiger partial charge in [-0.15, -0.1) is 11.3 Å². The summed E-state index contributed by atoms with van der Waals surface area (Å²) in [5.41, 5.74) is 1.61. The highest BCUT2D eigenvalue weighted by atomic mass is 32.1. The largest absolute Gasteiger partial charge is 0.268 e. The maximum atomic E-state index is 4.02. The molecule has 64 valence electrons. The van der Waals surface area contributed by atoms with E-state index < -0.39 is 0 Å². The van der Waals surface area contributed by atoms with Gasteiger partial charge in [0.1, 0.15) is 4.83 Å². The molecule has 2 heterocycles. The van der Waals surface area contributed by atoms with Crippen molar-refractivity contribution in [3.05, 3.63) is 17.1 Å².